The Kier molecular flexibility index (Phi) is 8.49. The lowest BCUT2D eigenvalue weighted by atomic mass is 9.98. The Bertz CT molecular complexity index is 1800. The van der Waals surface area contributed by atoms with Gasteiger partial charge in [0.25, 0.3) is 0 Å². The van der Waals surface area contributed by atoms with Crippen molar-refractivity contribution in [3.63, 3.8) is 0 Å². The van der Waals surface area contributed by atoms with E-state index in [1.165, 1.54) is 12.1 Å². The third kappa shape index (κ3) is 5.39. The van der Waals surface area contributed by atoms with Crippen LogP contribution in [0.4, 0.5) is 11.5 Å². The van der Waals surface area contributed by atoms with E-state index in [0.717, 1.165) is 19.4 Å². The molecule has 0 saturated carbocycles. The molecule has 2 aliphatic heterocycles. The van der Waals surface area contributed by atoms with E-state index in [1.54, 1.807) is 11.2 Å². The fourth-order valence-corrected chi connectivity index (χ4v) is 6.91. The number of benzene rings is 2. The summed E-state index contributed by atoms with van der Waals surface area (Å²) in [6.07, 6.45) is 5.14. The summed E-state index contributed by atoms with van der Waals surface area (Å²) in [6, 6.07) is 7.50. The fraction of sp³-hybridized carbons (Fsp3) is 0.355. The van der Waals surface area contributed by atoms with E-state index in [4.69, 9.17) is 59.7 Å². The van der Waals surface area contributed by atoms with Crippen molar-refractivity contribution >= 4 is 74.1 Å². The van der Waals surface area contributed by atoms with Crippen LogP contribution in [0, 0.1) is 11.3 Å². The summed E-state index contributed by atoms with van der Waals surface area (Å²) in [6.45, 7) is 6.29. The predicted molar refractivity (Wildman–Crippen MR) is 173 cm³/mol. The van der Waals surface area contributed by atoms with Gasteiger partial charge in [-0.1, -0.05) is 41.4 Å². The quantitative estimate of drug-likeness (QED) is 0.141. The summed E-state index contributed by atoms with van der Waals surface area (Å²) in [4.78, 5) is 28.3. The first-order valence-corrected chi connectivity index (χ1v) is 15.4. The molecule has 0 radical (unpaired) electrons. The largest absolute Gasteiger partial charge is 0.463 e. The van der Waals surface area contributed by atoms with Crippen molar-refractivity contribution < 1.29 is 13.9 Å². The second kappa shape index (κ2) is 12.3. The molecule has 2 aromatic carbocycles. The third-order valence-corrected chi connectivity index (χ3v) is 9.65. The van der Waals surface area contributed by atoms with E-state index in [9.17, 15) is 10.1 Å². The van der Waals surface area contributed by atoms with Gasteiger partial charge in [0.1, 0.15) is 18.0 Å². The number of nitrogen functional groups attached to an aromatic ring is 1. The van der Waals surface area contributed by atoms with E-state index in [-0.39, 0.29) is 51.2 Å². The summed E-state index contributed by atoms with van der Waals surface area (Å²) in [7, 11) is 2.08. The van der Waals surface area contributed by atoms with Crippen LogP contribution in [0.5, 0.6) is 6.01 Å². The number of likely N-dealkylation sites (N-methyl/N-ethyl adjacent to an activating group) is 1. The third-order valence-electron chi connectivity index (χ3n) is 8.46. The number of piperazine rings is 1. The number of anilines is 2. The summed E-state index contributed by atoms with van der Waals surface area (Å²) < 4.78 is 12.3. The molecule has 10 nitrogen and oxygen atoms in total. The lowest BCUT2D eigenvalue weighted by Gasteiger charge is -2.41. The van der Waals surface area contributed by atoms with Crippen LogP contribution in [0.25, 0.3) is 33.0 Å². The van der Waals surface area contributed by atoms with E-state index < -0.39 is 0 Å². The molecule has 2 aromatic heterocycles. The van der Waals surface area contributed by atoms with Gasteiger partial charge in [-0.15, -0.1) is 0 Å². The van der Waals surface area contributed by atoms with Gasteiger partial charge in [-0.05, 0) is 56.3 Å². The van der Waals surface area contributed by atoms with Crippen LogP contribution in [0.3, 0.4) is 0 Å². The molecule has 2 aliphatic rings. The van der Waals surface area contributed by atoms with Crippen molar-refractivity contribution in [1.82, 2.24) is 19.8 Å². The van der Waals surface area contributed by atoms with Crippen LogP contribution in [0.2, 0.25) is 15.1 Å². The van der Waals surface area contributed by atoms with Gasteiger partial charge >= 0.3 is 6.01 Å². The van der Waals surface area contributed by atoms with Gasteiger partial charge in [-0.25, -0.2) is 0 Å². The number of furan rings is 1. The minimum absolute atomic E-state index is 0.157. The van der Waals surface area contributed by atoms with Crippen LogP contribution in [0.1, 0.15) is 19.3 Å². The first-order valence-electron chi connectivity index (χ1n) is 14.2. The lowest BCUT2D eigenvalue weighted by molar-refractivity contribution is -0.128. The van der Waals surface area contributed by atoms with Crippen LogP contribution in [-0.2, 0) is 4.79 Å². The van der Waals surface area contributed by atoms with Crippen molar-refractivity contribution in [2.45, 2.75) is 31.3 Å². The Morgan fingerprint density at radius 1 is 1.23 bits per heavy atom. The molecule has 13 heteroatoms. The van der Waals surface area contributed by atoms with Crippen molar-refractivity contribution in [2.75, 3.05) is 50.5 Å². The standard InChI is InChI=1S/C31H30Cl3N7O3/c1-3-24(42)41-11-10-40(15-17(41)6-8-35)30-26-23(37-31(38-30)44-16-18-5-4-9-39(18)2)13-20(19-7-12-43-29(19)26)25-27(33)21(32)14-22(36)28(25)34/h3,7,12-14,17-18H,1,4-6,9-11,15-16,36H2,2H3/t17-,18-/m0/s1. The predicted octanol–water partition coefficient (Wildman–Crippen LogP) is 6.18. The highest BCUT2D eigenvalue weighted by molar-refractivity contribution is 6.47. The van der Waals surface area contributed by atoms with E-state index >= 15 is 0 Å². The zero-order chi connectivity index (χ0) is 31.1. The van der Waals surface area contributed by atoms with Crippen molar-refractivity contribution in [3.8, 4) is 23.2 Å². The average Bonchev–Trinajstić information content (AvgIpc) is 3.67. The zero-order valence-electron chi connectivity index (χ0n) is 24.0. The Morgan fingerprint density at radius 3 is 2.77 bits per heavy atom. The summed E-state index contributed by atoms with van der Waals surface area (Å²) in [5, 5.41) is 11.7. The van der Waals surface area contributed by atoms with Crippen molar-refractivity contribution in [2.24, 2.45) is 0 Å². The summed E-state index contributed by atoms with van der Waals surface area (Å²) >= 11 is 19.8. The number of halogens is 3. The number of nitriles is 1. The van der Waals surface area contributed by atoms with E-state index in [1.807, 2.05) is 17.0 Å². The summed E-state index contributed by atoms with van der Waals surface area (Å²) in [5.41, 5.74) is 8.63. The Morgan fingerprint density at radius 2 is 2.05 bits per heavy atom. The van der Waals surface area contributed by atoms with Gasteiger partial charge < -0.3 is 29.6 Å². The zero-order valence-corrected chi connectivity index (χ0v) is 26.3. The molecule has 2 fully saturated rings. The molecule has 44 heavy (non-hydrogen) atoms. The van der Waals surface area contributed by atoms with Crippen LogP contribution in [0.15, 0.2) is 41.5 Å². The second-order valence-corrected chi connectivity index (χ2v) is 12.2. The number of nitrogens with zero attached hydrogens (tertiary/aromatic N) is 6. The molecule has 1 amide bonds. The minimum Gasteiger partial charge on any atom is -0.463 e. The number of likely N-dealkylation sites (tertiary alicyclic amines) is 1. The van der Waals surface area contributed by atoms with Gasteiger partial charge in [0.15, 0.2) is 0 Å². The minimum atomic E-state index is -0.362. The number of amides is 1. The van der Waals surface area contributed by atoms with Crippen LogP contribution < -0.4 is 15.4 Å². The smallest absolute Gasteiger partial charge is 0.319 e. The normalized spacial score (nSPS) is 19.1. The van der Waals surface area contributed by atoms with Crippen molar-refractivity contribution in [3.05, 3.63) is 52.2 Å². The maximum atomic E-state index is 12.6. The SMILES string of the molecule is C=CC(=O)N1CCN(c2nc(OC[C@@H]3CCCN3C)nc3cc(-c4c(Cl)c(N)cc(Cl)c4Cl)c4ccoc4c23)C[C@@H]1CC#N. The molecule has 0 spiro atoms. The molecule has 228 valence electrons. The Balaban J connectivity index is 1.53. The first-order chi connectivity index (χ1) is 21.2. The number of fused-ring (bicyclic) bond motifs is 3. The number of ether oxygens (including phenoxy) is 1. The topological polar surface area (TPSA) is 125 Å². The molecule has 0 bridgehead atoms. The van der Waals surface area contributed by atoms with E-state index in [2.05, 4.69) is 24.6 Å². The molecule has 0 aliphatic carbocycles. The molecule has 2 N–H and O–H groups in total. The van der Waals surface area contributed by atoms with Gasteiger partial charge in [0.2, 0.25) is 5.91 Å². The first kappa shape index (κ1) is 30.3. The second-order valence-electron chi connectivity index (χ2n) is 11.0. The fourth-order valence-electron chi connectivity index (χ4n) is 6.15. The van der Waals surface area contributed by atoms with Gasteiger partial charge in [-0.3, -0.25) is 4.79 Å². The van der Waals surface area contributed by atoms with Gasteiger partial charge in [0, 0.05) is 36.6 Å². The Hall–Kier alpha value is -3.75. The molecule has 4 heterocycles. The maximum absolute atomic E-state index is 12.6. The summed E-state index contributed by atoms with van der Waals surface area (Å²) in [5.74, 6) is 0.363. The molecular weight excluding hydrogens is 625 g/mol. The number of nitrogens with two attached hydrogens (primary N) is 1. The Labute approximate surface area is 269 Å². The molecule has 4 aromatic rings. The molecule has 2 atom stereocenters. The van der Waals surface area contributed by atoms with Crippen molar-refractivity contribution in [1.29, 1.82) is 5.26 Å². The molecule has 2 saturated heterocycles. The average molecular weight is 655 g/mol. The number of carbonyl (C=O) groups is 1. The van der Waals surface area contributed by atoms with Crippen LogP contribution >= 0.6 is 34.8 Å². The lowest BCUT2D eigenvalue weighted by Crippen LogP contribution is -2.55. The van der Waals surface area contributed by atoms with Gasteiger partial charge in [0.05, 0.1) is 56.5 Å². The highest BCUT2D eigenvalue weighted by atomic mass is 35.5. The molecule has 0 unspecified atom stereocenters. The maximum Gasteiger partial charge on any atom is 0.319 e. The molecule has 6 rings (SSSR count). The monoisotopic (exact) mass is 653 g/mol. The number of hydrogen-bond donors (Lipinski definition) is 1. The van der Waals surface area contributed by atoms with Crippen LogP contribution in [-0.4, -0.2) is 77.6 Å². The number of aromatic nitrogens is 2. The highest BCUT2D eigenvalue weighted by Gasteiger charge is 2.33. The van der Waals surface area contributed by atoms with Gasteiger partial charge in [-0.2, -0.15) is 15.2 Å². The number of carbonyl (C=O) groups excluding carboxylic acids is 1. The highest BCUT2D eigenvalue weighted by Crippen LogP contribution is 2.47. The van der Waals surface area contributed by atoms with E-state index in [0.29, 0.717) is 65.1 Å². The molecular formula is C31H30Cl3N7O3. The number of hydrogen-bond acceptors (Lipinski definition) is 9. The number of rotatable bonds is 7.